The highest BCUT2D eigenvalue weighted by molar-refractivity contribution is 7.11. The number of carbonyl (C=O) groups excluding carboxylic acids is 1. The van der Waals surface area contributed by atoms with E-state index in [1.165, 1.54) is 17.7 Å². The molecule has 3 N–H and O–H groups in total. The number of carbonyl (C=O) groups is 1. The van der Waals surface area contributed by atoms with Crippen LogP contribution in [0, 0.1) is 0 Å². The van der Waals surface area contributed by atoms with Gasteiger partial charge in [0.05, 0.1) is 12.6 Å². The van der Waals surface area contributed by atoms with Gasteiger partial charge in [0.15, 0.2) is 16.7 Å². The highest BCUT2D eigenvalue weighted by Gasteiger charge is 2.22. The number of hydrogen-bond acceptors (Lipinski definition) is 9. The first kappa shape index (κ1) is 25.0. The van der Waals surface area contributed by atoms with E-state index in [2.05, 4.69) is 66.5 Å². The summed E-state index contributed by atoms with van der Waals surface area (Å²) in [5.41, 5.74) is 1.18. The Hall–Kier alpha value is -3.15. The molecule has 13 heteroatoms. The summed E-state index contributed by atoms with van der Waals surface area (Å²) in [6.45, 7) is 8.55. The molecule has 1 amide bonds. The number of halogens is 2. The third kappa shape index (κ3) is 5.75. The van der Waals surface area contributed by atoms with E-state index in [0.717, 1.165) is 15.4 Å². The second-order valence-electron chi connectivity index (χ2n) is 8.72. The fourth-order valence-corrected chi connectivity index (χ4v) is 4.69. The number of thiazole rings is 1. The van der Waals surface area contributed by atoms with Crippen LogP contribution >= 0.6 is 34.5 Å². The van der Waals surface area contributed by atoms with Crippen LogP contribution < -0.4 is 10.6 Å². The van der Waals surface area contributed by atoms with Gasteiger partial charge < -0.3 is 15.6 Å². The number of rotatable bonds is 7. The molecule has 1 unspecified atom stereocenters. The van der Waals surface area contributed by atoms with Crippen molar-refractivity contribution in [3.05, 3.63) is 62.3 Å². The maximum atomic E-state index is 12.9. The lowest BCUT2D eigenvalue weighted by Gasteiger charge is -2.20. The molecule has 0 aliphatic carbocycles. The number of aromatic nitrogens is 7. The Morgan fingerprint density at radius 3 is 2.69 bits per heavy atom. The van der Waals surface area contributed by atoms with Crippen molar-refractivity contribution in [3.63, 3.8) is 0 Å². The number of H-pyrrole nitrogens is 1. The van der Waals surface area contributed by atoms with Crippen LogP contribution in [0.1, 0.15) is 59.7 Å². The van der Waals surface area contributed by atoms with Crippen molar-refractivity contribution in [2.75, 3.05) is 5.32 Å². The predicted molar refractivity (Wildman–Crippen MR) is 136 cm³/mol. The normalized spacial score (nSPS) is 12.4. The zero-order valence-electron chi connectivity index (χ0n) is 19.4. The van der Waals surface area contributed by atoms with Crippen molar-refractivity contribution in [2.45, 2.75) is 45.7 Å². The van der Waals surface area contributed by atoms with Crippen molar-refractivity contribution < 1.29 is 4.79 Å². The first-order valence-electron chi connectivity index (χ1n) is 10.7. The van der Waals surface area contributed by atoms with Gasteiger partial charge >= 0.3 is 0 Å². The second-order valence-corrected chi connectivity index (χ2v) is 10.6. The lowest BCUT2D eigenvalue weighted by Crippen LogP contribution is -2.28. The molecule has 4 aromatic rings. The van der Waals surface area contributed by atoms with Gasteiger partial charge in [-0.15, -0.1) is 21.5 Å². The number of nitrogens with one attached hydrogen (secondary N) is 3. The number of imidazole rings is 1. The minimum atomic E-state index is -0.432. The first-order valence-corrected chi connectivity index (χ1v) is 12.2. The molecule has 4 heterocycles. The van der Waals surface area contributed by atoms with E-state index in [1.54, 1.807) is 18.6 Å². The molecule has 4 rings (SSSR count). The van der Waals surface area contributed by atoms with Crippen LogP contribution in [-0.4, -0.2) is 41.0 Å². The summed E-state index contributed by atoms with van der Waals surface area (Å²) < 4.78 is 0. The van der Waals surface area contributed by atoms with Crippen LogP contribution in [0.25, 0.3) is 11.5 Å². The third-order valence-electron chi connectivity index (χ3n) is 5.02. The molecule has 0 saturated carbocycles. The highest BCUT2D eigenvalue weighted by Crippen LogP contribution is 2.30. The van der Waals surface area contributed by atoms with E-state index in [0.29, 0.717) is 29.0 Å². The molecule has 10 nitrogen and oxygen atoms in total. The van der Waals surface area contributed by atoms with Crippen LogP contribution in [0.3, 0.4) is 0 Å². The zero-order valence-corrected chi connectivity index (χ0v) is 21.8. The van der Waals surface area contributed by atoms with Gasteiger partial charge in [-0.2, -0.15) is 0 Å². The number of nitrogens with zero attached hydrogens (tertiary/aromatic N) is 6. The SMILES string of the molecule is CC(NC(=O)c1ncnc(-c2ncc[nH]2)c1Cl)c1ncc(CNc2cc(C(C)(C)C)c(Cl)nn2)s1. The third-order valence-corrected chi connectivity index (χ3v) is 6.83. The van der Waals surface area contributed by atoms with Crippen LogP contribution in [0.15, 0.2) is 31.0 Å². The Labute approximate surface area is 216 Å². The van der Waals surface area contributed by atoms with Gasteiger partial charge in [-0.25, -0.2) is 19.9 Å². The molecular formula is C22H23Cl2N9OS. The fourth-order valence-electron chi connectivity index (χ4n) is 3.19. The molecule has 0 saturated heterocycles. The van der Waals surface area contributed by atoms with Crippen molar-refractivity contribution in [3.8, 4) is 11.5 Å². The highest BCUT2D eigenvalue weighted by atomic mass is 35.5. The monoisotopic (exact) mass is 531 g/mol. The van der Waals surface area contributed by atoms with Gasteiger partial charge in [-0.05, 0) is 18.4 Å². The van der Waals surface area contributed by atoms with Gasteiger partial charge in [-0.3, -0.25) is 4.79 Å². The average Bonchev–Trinajstić information content (AvgIpc) is 3.50. The Balaban J connectivity index is 1.41. The van der Waals surface area contributed by atoms with Gasteiger partial charge in [0, 0.05) is 29.0 Å². The summed E-state index contributed by atoms with van der Waals surface area (Å²) >= 11 is 14.1. The van der Waals surface area contributed by atoms with Crippen LogP contribution in [-0.2, 0) is 12.0 Å². The molecule has 0 spiro atoms. The van der Waals surface area contributed by atoms with E-state index in [1.807, 2.05) is 13.0 Å². The van der Waals surface area contributed by atoms with Crippen molar-refractivity contribution in [1.82, 2.24) is 40.4 Å². The van der Waals surface area contributed by atoms with Gasteiger partial charge in [0.2, 0.25) is 0 Å². The molecular weight excluding hydrogens is 509 g/mol. The summed E-state index contributed by atoms with van der Waals surface area (Å²) in [6, 6.07) is 1.55. The molecule has 0 fully saturated rings. The Kier molecular flexibility index (Phi) is 7.29. The largest absolute Gasteiger partial charge is 0.364 e. The minimum absolute atomic E-state index is 0.0642. The predicted octanol–water partition coefficient (Wildman–Crippen LogP) is 4.82. The molecule has 182 valence electrons. The van der Waals surface area contributed by atoms with Gasteiger partial charge in [0.25, 0.3) is 5.91 Å². The Morgan fingerprint density at radius 1 is 1.17 bits per heavy atom. The Morgan fingerprint density at radius 2 is 1.97 bits per heavy atom. The van der Waals surface area contributed by atoms with Crippen LogP contribution in [0.4, 0.5) is 5.82 Å². The first-order chi connectivity index (χ1) is 16.6. The van der Waals surface area contributed by atoms with Gasteiger partial charge in [0.1, 0.15) is 27.9 Å². The van der Waals surface area contributed by atoms with E-state index in [9.17, 15) is 4.79 Å². The molecule has 4 aromatic heterocycles. The number of hydrogen-bond donors (Lipinski definition) is 3. The summed E-state index contributed by atoms with van der Waals surface area (Å²) in [6.07, 6.45) is 6.26. The lowest BCUT2D eigenvalue weighted by molar-refractivity contribution is 0.0935. The summed E-state index contributed by atoms with van der Waals surface area (Å²) in [7, 11) is 0. The van der Waals surface area contributed by atoms with E-state index in [-0.39, 0.29) is 22.2 Å². The molecule has 0 bridgehead atoms. The molecule has 1 atom stereocenters. The summed E-state index contributed by atoms with van der Waals surface area (Å²) in [5.74, 6) is 0.650. The fraction of sp³-hybridized carbons (Fsp3) is 0.318. The maximum absolute atomic E-state index is 12.9. The summed E-state index contributed by atoms with van der Waals surface area (Å²) in [4.78, 5) is 33.5. The maximum Gasteiger partial charge on any atom is 0.272 e. The van der Waals surface area contributed by atoms with E-state index in [4.69, 9.17) is 23.2 Å². The molecule has 35 heavy (non-hydrogen) atoms. The topological polar surface area (TPSA) is 134 Å². The quantitative estimate of drug-likeness (QED) is 0.308. The zero-order chi connectivity index (χ0) is 25.2. The number of amides is 1. The second kappa shape index (κ2) is 10.2. The van der Waals surface area contributed by atoms with E-state index >= 15 is 0 Å². The molecule has 0 radical (unpaired) electrons. The van der Waals surface area contributed by atoms with Crippen molar-refractivity contribution in [2.24, 2.45) is 0 Å². The van der Waals surface area contributed by atoms with Crippen molar-refractivity contribution in [1.29, 1.82) is 0 Å². The standard InChI is InChI=1S/C22H23Cl2N9OS/c1-11(31-20(34)17-15(23)16(29-10-30-17)19-25-5-6-26-19)21-28-9-12(35-21)8-27-14-7-13(22(2,3)4)18(24)33-32-14/h5-7,9-11H,8H2,1-4H3,(H,25,26)(H,27,32)(H,31,34). The lowest BCUT2D eigenvalue weighted by atomic mass is 9.88. The molecule has 0 aromatic carbocycles. The van der Waals surface area contributed by atoms with Crippen LogP contribution in [0.5, 0.6) is 0 Å². The molecule has 0 aliphatic heterocycles. The van der Waals surface area contributed by atoms with Gasteiger partial charge in [-0.1, -0.05) is 44.0 Å². The van der Waals surface area contributed by atoms with Crippen molar-refractivity contribution >= 4 is 46.3 Å². The average molecular weight is 532 g/mol. The number of anilines is 1. The van der Waals surface area contributed by atoms with Crippen LogP contribution in [0.2, 0.25) is 10.2 Å². The minimum Gasteiger partial charge on any atom is -0.364 e. The Bertz CT molecular complexity index is 1340. The summed E-state index contributed by atoms with van der Waals surface area (Å²) in [5, 5.41) is 15.6. The number of aromatic amines is 1. The van der Waals surface area contributed by atoms with E-state index < -0.39 is 5.91 Å². The smallest absolute Gasteiger partial charge is 0.272 e. The molecule has 0 aliphatic rings.